The molecule has 1 aliphatic rings. The molecule has 1 saturated heterocycles. The second-order valence-corrected chi connectivity index (χ2v) is 5.55. The van der Waals surface area contributed by atoms with Crippen molar-refractivity contribution in [3.8, 4) is 0 Å². The Labute approximate surface area is 119 Å². The van der Waals surface area contributed by atoms with Gasteiger partial charge in [0, 0.05) is 5.02 Å². The van der Waals surface area contributed by atoms with Crippen molar-refractivity contribution in [2.45, 2.75) is 31.7 Å². The summed E-state index contributed by atoms with van der Waals surface area (Å²) in [6.07, 6.45) is 3.48. The Morgan fingerprint density at radius 2 is 1.79 bits per heavy atom. The van der Waals surface area contributed by atoms with Gasteiger partial charge in [-0.3, -0.25) is 4.90 Å². The Morgan fingerprint density at radius 3 is 2.32 bits per heavy atom. The van der Waals surface area contributed by atoms with Crippen LogP contribution in [0.2, 0.25) is 5.02 Å². The van der Waals surface area contributed by atoms with Gasteiger partial charge in [0.1, 0.15) is 5.54 Å². The summed E-state index contributed by atoms with van der Waals surface area (Å²) in [5.41, 5.74) is 0.213. The summed E-state index contributed by atoms with van der Waals surface area (Å²) in [7, 11) is 1.44. The first-order valence-corrected chi connectivity index (χ1v) is 7.06. The number of halogens is 1. The number of esters is 1. The number of piperidine rings is 1. The highest BCUT2D eigenvalue weighted by Gasteiger charge is 2.42. The molecule has 0 aliphatic carbocycles. The van der Waals surface area contributed by atoms with Gasteiger partial charge in [0.25, 0.3) is 0 Å². The summed E-state index contributed by atoms with van der Waals surface area (Å²) in [6, 6.07) is 7.46. The maximum atomic E-state index is 12.3. The minimum atomic E-state index is -0.722. The molecule has 1 atom stereocenters. The van der Waals surface area contributed by atoms with Gasteiger partial charge in [-0.25, -0.2) is 4.79 Å². The van der Waals surface area contributed by atoms with Crippen LogP contribution in [0.3, 0.4) is 0 Å². The second kappa shape index (κ2) is 5.93. The summed E-state index contributed by atoms with van der Waals surface area (Å²) >= 11 is 5.93. The predicted molar refractivity (Wildman–Crippen MR) is 76.2 cm³/mol. The van der Waals surface area contributed by atoms with Gasteiger partial charge in [0.2, 0.25) is 0 Å². The zero-order valence-electron chi connectivity index (χ0n) is 11.5. The van der Waals surface area contributed by atoms with Crippen LogP contribution in [0, 0.1) is 0 Å². The Balaban J connectivity index is 2.38. The minimum absolute atomic E-state index is 0.211. The van der Waals surface area contributed by atoms with E-state index in [4.69, 9.17) is 16.3 Å². The lowest BCUT2D eigenvalue weighted by atomic mass is 9.88. The van der Waals surface area contributed by atoms with Crippen LogP contribution in [0.4, 0.5) is 0 Å². The van der Waals surface area contributed by atoms with Crippen LogP contribution in [-0.2, 0) is 15.1 Å². The maximum absolute atomic E-state index is 12.3. The third-order valence-corrected chi connectivity index (χ3v) is 4.23. The quantitative estimate of drug-likeness (QED) is 0.797. The van der Waals surface area contributed by atoms with Crippen molar-refractivity contribution < 1.29 is 9.53 Å². The fraction of sp³-hybridized carbons (Fsp3) is 0.533. The van der Waals surface area contributed by atoms with Gasteiger partial charge < -0.3 is 4.74 Å². The van der Waals surface area contributed by atoms with Crippen molar-refractivity contribution in [1.82, 2.24) is 4.90 Å². The largest absolute Gasteiger partial charge is 0.467 e. The Kier molecular flexibility index (Phi) is 4.48. The SMILES string of the molecule is COC(=O)C(C)(c1ccc(Cl)cc1)N1CCCCC1. The fourth-order valence-corrected chi connectivity index (χ4v) is 2.87. The summed E-state index contributed by atoms with van der Waals surface area (Å²) in [5.74, 6) is -0.211. The van der Waals surface area contributed by atoms with Gasteiger partial charge in [-0.15, -0.1) is 0 Å². The molecular formula is C15H20ClNO2. The first-order valence-electron chi connectivity index (χ1n) is 6.68. The van der Waals surface area contributed by atoms with Crippen molar-refractivity contribution in [2.75, 3.05) is 20.2 Å². The van der Waals surface area contributed by atoms with Gasteiger partial charge in [-0.1, -0.05) is 30.2 Å². The monoisotopic (exact) mass is 281 g/mol. The van der Waals surface area contributed by atoms with E-state index in [1.54, 1.807) is 0 Å². The Morgan fingerprint density at radius 1 is 1.21 bits per heavy atom. The van der Waals surface area contributed by atoms with E-state index in [1.165, 1.54) is 13.5 Å². The number of hydrogen-bond donors (Lipinski definition) is 0. The zero-order valence-corrected chi connectivity index (χ0v) is 12.2. The van der Waals surface area contributed by atoms with Crippen LogP contribution in [0.1, 0.15) is 31.7 Å². The molecule has 104 valence electrons. The third kappa shape index (κ3) is 2.77. The lowest BCUT2D eigenvalue weighted by molar-refractivity contribution is -0.156. The predicted octanol–water partition coefficient (Wildman–Crippen LogP) is 3.21. The topological polar surface area (TPSA) is 29.5 Å². The first kappa shape index (κ1) is 14.4. The number of benzene rings is 1. The smallest absolute Gasteiger partial charge is 0.330 e. The molecule has 1 heterocycles. The molecule has 1 unspecified atom stereocenters. The fourth-order valence-electron chi connectivity index (χ4n) is 2.74. The lowest BCUT2D eigenvalue weighted by Crippen LogP contribution is -2.52. The minimum Gasteiger partial charge on any atom is -0.467 e. The van der Waals surface area contributed by atoms with E-state index in [0.29, 0.717) is 5.02 Å². The van der Waals surface area contributed by atoms with Crippen LogP contribution in [0.25, 0.3) is 0 Å². The molecule has 1 fully saturated rings. The molecule has 1 aromatic carbocycles. The van der Waals surface area contributed by atoms with E-state index in [1.807, 2.05) is 31.2 Å². The van der Waals surface area contributed by atoms with E-state index in [9.17, 15) is 4.79 Å². The molecule has 0 amide bonds. The molecule has 0 saturated carbocycles. The molecule has 0 spiro atoms. The standard InChI is InChI=1S/C15H20ClNO2/c1-15(14(18)19-2,17-10-4-3-5-11-17)12-6-8-13(16)9-7-12/h6-9H,3-5,10-11H2,1-2H3. The number of rotatable bonds is 3. The molecule has 0 radical (unpaired) electrons. The molecule has 0 bridgehead atoms. The molecule has 1 aromatic rings. The summed E-state index contributed by atoms with van der Waals surface area (Å²) in [5, 5.41) is 0.676. The van der Waals surface area contributed by atoms with Gasteiger partial charge in [0.05, 0.1) is 7.11 Å². The Hall–Kier alpha value is -1.06. The molecule has 0 aromatic heterocycles. The van der Waals surface area contributed by atoms with Gasteiger partial charge in [-0.05, 0) is 50.6 Å². The molecule has 1 aliphatic heterocycles. The van der Waals surface area contributed by atoms with E-state index < -0.39 is 5.54 Å². The number of nitrogens with zero attached hydrogens (tertiary/aromatic N) is 1. The van der Waals surface area contributed by atoms with Crippen molar-refractivity contribution in [2.24, 2.45) is 0 Å². The van der Waals surface area contributed by atoms with E-state index in [0.717, 1.165) is 31.5 Å². The van der Waals surface area contributed by atoms with E-state index in [2.05, 4.69) is 4.90 Å². The number of carbonyl (C=O) groups excluding carboxylic acids is 1. The summed E-state index contributed by atoms with van der Waals surface area (Å²) in [6.45, 7) is 3.79. The number of ether oxygens (including phenoxy) is 1. The van der Waals surface area contributed by atoms with E-state index >= 15 is 0 Å². The average molecular weight is 282 g/mol. The van der Waals surface area contributed by atoms with Gasteiger partial charge in [-0.2, -0.15) is 0 Å². The third-order valence-electron chi connectivity index (χ3n) is 3.98. The van der Waals surface area contributed by atoms with Gasteiger partial charge >= 0.3 is 5.97 Å². The number of methoxy groups -OCH3 is 1. The van der Waals surface area contributed by atoms with Crippen LogP contribution >= 0.6 is 11.6 Å². The highest BCUT2D eigenvalue weighted by atomic mass is 35.5. The first-order chi connectivity index (χ1) is 9.09. The molecule has 19 heavy (non-hydrogen) atoms. The molecule has 0 N–H and O–H groups in total. The van der Waals surface area contributed by atoms with Crippen LogP contribution in [0.5, 0.6) is 0 Å². The van der Waals surface area contributed by atoms with Crippen LogP contribution in [0.15, 0.2) is 24.3 Å². The Bertz CT molecular complexity index is 440. The normalized spacial score (nSPS) is 19.7. The van der Waals surface area contributed by atoms with Crippen LogP contribution in [-0.4, -0.2) is 31.1 Å². The van der Waals surface area contributed by atoms with Crippen molar-refractivity contribution >= 4 is 17.6 Å². The highest BCUT2D eigenvalue weighted by molar-refractivity contribution is 6.30. The molecule has 3 nitrogen and oxygen atoms in total. The number of likely N-dealkylation sites (tertiary alicyclic amines) is 1. The number of hydrogen-bond acceptors (Lipinski definition) is 3. The summed E-state index contributed by atoms with van der Waals surface area (Å²) < 4.78 is 5.04. The highest BCUT2D eigenvalue weighted by Crippen LogP contribution is 2.33. The zero-order chi connectivity index (χ0) is 13.9. The maximum Gasteiger partial charge on any atom is 0.330 e. The lowest BCUT2D eigenvalue weighted by Gasteiger charge is -2.41. The molecular weight excluding hydrogens is 262 g/mol. The van der Waals surface area contributed by atoms with Crippen LogP contribution < -0.4 is 0 Å². The van der Waals surface area contributed by atoms with Crippen molar-refractivity contribution in [1.29, 1.82) is 0 Å². The second-order valence-electron chi connectivity index (χ2n) is 5.12. The number of carbonyl (C=O) groups is 1. The van der Waals surface area contributed by atoms with Crippen molar-refractivity contribution in [3.05, 3.63) is 34.9 Å². The van der Waals surface area contributed by atoms with E-state index in [-0.39, 0.29) is 5.97 Å². The average Bonchev–Trinajstić information content (AvgIpc) is 2.47. The van der Waals surface area contributed by atoms with Crippen molar-refractivity contribution in [3.63, 3.8) is 0 Å². The van der Waals surface area contributed by atoms with Gasteiger partial charge in [0.15, 0.2) is 0 Å². The molecule has 4 heteroatoms. The molecule has 2 rings (SSSR count). The summed E-state index contributed by atoms with van der Waals surface area (Å²) in [4.78, 5) is 14.5.